The first kappa shape index (κ1) is 18.0. The van der Waals surface area contributed by atoms with Gasteiger partial charge >= 0.3 is 0 Å². The molecular formula is C24H24N2O3. The van der Waals surface area contributed by atoms with Crippen molar-refractivity contribution in [2.24, 2.45) is 5.92 Å². The van der Waals surface area contributed by atoms with Crippen LogP contribution in [0.15, 0.2) is 53.1 Å². The van der Waals surface area contributed by atoms with Crippen molar-refractivity contribution < 1.29 is 14.1 Å². The van der Waals surface area contributed by atoms with E-state index in [4.69, 9.17) is 9.26 Å². The van der Waals surface area contributed by atoms with Gasteiger partial charge in [-0.05, 0) is 49.8 Å². The molecule has 2 aliphatic rings. The zero-order valence-corrected chi connectivity index (χ0v) is 16.6. The van der Waals surface area contributed by atoms with Gasteiger partial charge in [-0.15, -0.1) is 0 Å². The van der Waals surface area contributed by atoms with E-state index < -0.39 is 0 Å². The quantitative estimate of drug-likeness (QED) is 0.656. The number of carbonyl (C=O) groups is 1. The lowest BCUT2D eigenvalue weighted by Gasteiger charge is -2.31. The first-order chi connectivity index (χ1) is 14.2. The topological polar surface area (TPSA) is 55.6 Å². The largest absolute Gasteiger partial charge is 0.488 e. The fourth-order valence-corrected chi connectivity index (χ4v) is 4.36. The monoisotopic (exact) mass is 388 g/mol. The van der Waals surface area contributed by atoms with Crippen LogP contribution >= 0.6 is 0 Å². The van der Waals surface area contributed by atoms with E-state index in [1.807, 2.05) is 36.1 Å². The van der Waals surface area contributed by atoms with Crippen molar-refractivity contribution in [3.8, 4) is 17.1 Å². The predicted octanol–water partition coefficient (Wildman–Crippen LogP) is 4.64. The Morgan fingerprint density at radius 1 is 1.14 bits per heavy atom. The molecule has 0 radical (unpaired) electrons. The Kier molecular flexibility index (Phi) is 4.58. The molecule has 0 aliphatic carbocycles. The van der Waals surface area contributed by atoms with Crippen molar-refractivity contribution in [3.05, 3.63) is 70.9 Å². The van der Waals surface area contributed by atoms with E-state index in [-0.39, 0.29) is 5.91 Å². The number of rotatable bonds is 3. The van der Waals surface area contributed by atoms with Crippen molar-refractivity contribution in [2.75, 3.05) is 13.1 Å². The number of likely N-dealkylation sites (tertiary alicyclic amines) is 1. The molecule has 0 saturated carbocycles. The van der Waals surface area contributed by atoms with Gasteiger partial charge in [-0.3, -0.25) is 4.79 Å². The van der Waals surface area contributed by atoms with E-state index in [0.29, 0.717) is 24.0 Å². The first-order valence-corrected chi connectivity index (χ1v) is 10.2. The van der Waals surface area contributed by atoms with E-state index in [9.17, 15) is 4.79 Å². The van der Waals surface area contributed by atoms with Crippen molar-refractivity contribution in [3.63, 3.8) is 0 Å². The second-order valence-electron chi connectivity index (χ2n) is 8.05. The molecule has 5 rings (SSSR count). The zero-order chi connectivity index (χ0) is 19.8. The van der Waals surface area contributed by atoms with Crippen LogP contribution in [0.1, 0.15) is 40.0 Å². The maximum Gasteiger partial charge on any atom is 0.276 e. The molecular weight excluding hydrogens is 364 g/mol. The molecule has 3 aromatic rings. The third-order valence-corrected chi connectivity index (χ3v) is 6.01. The molecule has 2 aromatic carbocycles. The Hall–Kier alpha value is -3.08. The fraction of sp³-hybridized carbons (Fsp3) is 0.333. The van der Waals surface area contributed by atoms with Gasteiger partial charge in [-0.1, -0.05) is 47.1 Å². The highest BCUT2D eigenvalue weighted by molar-refractivity contribution is 5.95. The molecule has 1 saturated heterocycles. The SMILES string of the molecule is Cc1ccc2c(c1)-c1onc(C(=O)N3CCC(Cc4ccccc4)CC3)c1CO2. The van der Waals surface area contributed by atoms with Crippen LogP contribution < -0.4 is 4.74 Å². The number of benzene rings is 2. The summed E-state index contributed by atoms with van der Waals surface area (Å²) >= 11 is 0. The van der Waals surface area contributed by atoms with Gasteiger partial charge in [0.15, 0.2) is 11.5 Å². The third kappa shape index (κ3) is 3.41. The number of aromatic nitrogens is 1. The van der Waals surface area contributed by atoms with E-state index in [1.165, 1.54) is 5.56 Å². The van der Waals surface area contributed by atoms with Gasteiger partial charge < -0.3 is 14.2 Å². The number of nitrogens with zero attached hydrogens (tertiary/aromatic N) is 2. The van der Waals surface area contributed by atoms with Crippen LogP contribution in [-0.2, 0) is 13.0 Å². The third-order valence-electron chi connectivity index (χ3n) is 6.01. The molecule has 2 aliphatic heterocycles. The molecule has 1 aromatic heterocycles. The minimum Gasteiger partial charge on any atom is -0.488 e. The highest BCUT2D eigenvalue weighted by atomic mass is 16.5. The molecule has 0 unspecified atom stereocenters. The number of amides is 1. The first-order valence-electron chi connectivity index (χ1n) is 10.2. The Morgan fingerprint density at radius 2 is 1.93 bits per heavy atom. The summed E-state index contributed by atoms with van der Waals surface area (Å²) in [6.45, 7) is 3.86. The summed E-state index contributed by atoms with van der Waals surface area (Å²) in [5.41, 5.74) is 4.52. The number of ether oxygens (including phenoxy) is 1. The van der Waals surface area contributed by atoms with Crippen LogP contribution in [0, 0.1) is 12.8 Å². The van der Waals surface area contributed by atoms with Gasteiger partial charge in [-0.25, -0.2) is 0 Å². The smallest absolute Gasteiger partial charge is 0.276 e. The number of piperidine rings is 1. The van der Waals surface area contributed by atoms with Crippen LogP contribution in [0.3, 0.4) is 0 Å². The molecule has 148 valence electrons. The van der Waals surface area contributed by atoms with Crippen LogP contribution in [0.5, 0.6) is 5.75 Å². The van der Waals surface area contributed by atoms with Gasteiger partial charge in [0, 0.05) is 13.1 Å². The standard InChI is InChI=1S/C24H24N2O3/c1-16-7-8-21-19(13-16)23-20(15-28-21)22(25-29-23)24(27)26-11-9-18(10-12-26)14-17-5-3-2-4-6-17/h2-8,13,18H,9-12,14-15H2,1H3. The number of hydrogen-bond donors (Lipinski definition) is 0. The molecule has 3 heterocycles. The Bertz CT molecular complexity index is 1030. The van der Waals surface area contributed by atoms with E-state index in [0.717, 1.165) is 54.8 Å². The number of carbonyl (C=O) groups excluding carboxylic acids is 1. The lowest BCUT2D eigenvalue weighted by Crippen LogP contribution is -2.39. The molecule has 0 spiro atoms. The van der Waals surface area contributed by atoms with Gasteiger partial charge in [0.25, 0.3) is 5.91 Å². The highest BCUT2D eigenvalue weighted by Gasteiger charge is 2.32. The number of hydrogen-bond acceptors (Lipinski definition) is 4. The van der Waals surface area contributed by atoms with Crippen LogP contribution in [0.2, 0.25) is 0 Å². The van der Waals surface area contributed by atoms with E-state index in [2.05, 4.69) is 29.4 Å². The number of fused-ring (bicyclic) bond motifs is 3. The second-order valence-corrected chi connectivity index (χ2v) is 8.05. The summed E-state index contributed by atoms with van der Waals surface area (Å²) in [4.78, 5) is 15.0. The summed E-state index contributed by atoms with van der Waals surface area (Å²) in [5, 5.41) is 4.14. The summed E-state index contributed by atoms with van der Waals surface area (Å²) in [7, 11) is 0. The number of aryl methyl sites for hydroxylation is 1. The zero-order valence-electron chi connectivity index (χ0n) is 16.6. The Labute approximate surface area is 170 Å². The molecule has 5 heteroatoms. The maximum absolute atomic E-state index is 13.1. The maximum atomic E-state index is 13.1. The Balaban J connectivity index is 1.29. The minimum atomic E-state index is -0.0483. The van der Waals surface area contributed by atoms with Gasteiger partial charge in [-0.2, -0.15) is 0 Å². The van der Waals surface area contributed by atoms with Gasteiger partial charge in [0.05, 0.1) is 11.1 Å². The van der Waals surface area contributed by atoms with Gasteiger partial charge in [0.2, 0.25) is 0 Å². The average Bonchev–Trinajstić information content (AvgIpc) is 3.19. The Morgan fingerprint density at radius 3 is 2.72 bits per heavy atom. The summed E-state index contributed by atoms with van der Waals surface area (Å²) in [6.07, 6.45) is 3.10. The van der Waals surface area contributed by atoms with Crippen molar-refractivity contribution in [1.82, 2.24) is 10.1 Å². The minimum absolute atomic E-state index is 0.0483. The van der Waals surface area contributed by atoms with Crippen LogP contribution in [0.4, 0.5) is 0 Å². The lowest BCUT2D eigenvalue weighted by molar-refractivity contribution is 0.0678. The second kappa shape index (κ2) is 7.39. The fourth-order valence-electron chi connectivity index (χ4n) is 4.36. The summed E-state index contributed by atoms with van der Waals surface area (Å²) < 4.78 is 11.5. The van der Waals surface area contributed by atoms with Gasteiger partial charge in [0.1, 0.15) is 12.4 Å². The summed E-state index contributed by atoms with van der Waals surface area (Å²) in [6, 6.07) is 16.5. The van der Waals surface area contributed by atoms with Crippen molar-refractivity contribution in [1.29, 1.82) is 0 Å². The molecule has 0 atom stereocenters. The molecule has 0 N–H and O–H groups in total. The van der Waals surface area contributed by atoms with E-state index >= 15 is 0 Å². The normalized spacial score (nSPS) is 16.1. The molecule has 0 bridgehead atoms. The summed E-state index contributed by atoms with van der Waals surface area (Å²) in [5.74, 6) is 2.01. The van der Waals surface area contributed by atoms with E-state index in [1.54, 1.807) is 0 Å². The molecule has 1 amide bonds. The lowest BCUT2D eigenvalue weighted by atomic mass is 9.90. The predicted molar refractivity (Wildman–Crippen MR) is 110 cm³/mol. The molecule has 1 fully saturated rings. The highest BCUT2D eigenvalue weighted by Crippen LogP contribution is 2.39. The molecule has 5 nitrogen and oxygen atoms in total. The average molecular weight is 388 g/mol. The van der Waals surface area contributed by atoms with Crippen LogP contribution in [0.25, 0.3) is 11.3 Å². The molecule has 29 heavy (non-hydrogen) atoms. The van der Waals surface area contributed by atoms with Crippen molar-refractivity contribution in [2.45, 2.75) is 32.8 Å². The van der Waals surface area contributed by atoms with Crippen LogP contribution in [-0.4, -0.2) is 29.1 Å². The van der Waals surface area contributed by atoms with Crippen molar-refractivity contribution >= 4 is 5.91 Å².